The molecule has 0 aliphatic carbocycles. The van der Waals surface area contributed by atoms with Gasteiger partial charge in [0.2, 0.25) is 5.91 Å². The van der Waals surface area contributed by atoms with E-state index < -0.39 is 0 Å². The van der Waals surface area contributed by atoms with E-state index in [1.807, 2.05) is 13.0 Å². The Hall–Kier alpha value is -1.41. The van der Waals surface area contributed by atoms with Crippen LogP contribution in [0.5, 0.6) is 0 Å². The van der Waals surface area contributed by atoms with Crippen molar-refractivity contribution in [1.29, 1.82) is 5.26 Å². The minimum atomic E-state index is -0.0624. The number of hydrogen-bond donors (Lipinski definition) is 1. The largest absolute Gasteiger partial charge is 0.315 e. The molecular formula is C9H11N3OS. The molecule has 1 rings (SSSR count). The summed E-state index contributed by atoms with van der Waals surface area (Å²) >= 11 is 1.15. The minimum Gasteiger partial charge on any atom is -0.315 e. The van der Waals surface area contributed by atoms with E-state index >= 15 is 0 Å². The summed E-state index contributed by atoms with van der Waals surface area (Å²) in [6, 6.07) is 2.02. The van der Waals surface area contributed by atoms with E-state index in [2.05, 4.69) is 9.69 Å². The lowest BCUT2D eigenvalue weighted by Gasteiger charge is -1.99. The van der Waals surface area contributed by atoms with Crippen LogP contribution in [-0.4, -0.2) is 10.3 Å². The molecule has 1 aromatic rings. The second-order valence-corrected chi connectivity index (χ2v) is 3.66. The van der Waals surface area contributed by atoms with E-state index in [1.165, 1.54) is 0 Å². The van der Waals surface area contributed by atoms with Crippen molar-refractivity contribution in [2.75, 3.05) is 5.32 Å². The molecule has 1 aromatic heterocycles. The molecule has 0 spiro atoms. The molecular weight excluding hydrogens is 198 g/mol. The summed E-state index contributed by atoms with van der Waals surface area (Å²) in [5.74, 6) is -0.0624. The van der Waals surface area contributed by atoms with Crippen molar-refractivity contribution in [3.8, 4) is 6.07 Å². The fourth-order valence-corrected chi connectivity index (χ4v) is 1.77. The average molecular weight is 209 g/mol. The first kappa shape index (κ1) is 10.7. The molecule has 14 heavy (non-hydrogen) atoms. The second kappa shape index (κ2) is 4.72. The average Bonchev–Trinajstić information content (AvgIpc) is 2.47. The van der Waals surface area contributed by atoms with E-state index in [4.69, 9.17) is 5.26 Å². The van der Waals surface area contributed by atoms with E-state index in [9.17, 15) is 4.79 Å². The first-order chi connectivity index (χ1) is 6.69. The van der Waals surface area contributed by atoms with Gasteiger partial charge in [-0.05, 0) is 24.9 Å². The van der Waals surface area contributed by atoms with Gasteiger partial charge in [-0.15, -0.1) is 0 Å². The van der Waals surface area contributed by atoms with Crippen LogP contribution in [-0.2, 0) is 4.79 Å². The van der Waals surface area contributed by atoms with Crippen LogP contribution >= 0.6 is 11.5 Å². The maximum Gasteiger partial charge on any atom is 0.225 e. The summed E-state index contributed by atoms with van der Waals surface area (Å²) in [6.45, 7) is 3.69. The van der Waals surface area contributed by atoms with Gasteiger partial charge in [0.05, 0.1) is 5.69 Å². The van der Waals surface area contributed by atoms with Gasteiger partial charge in [0, 0.05) is 6.42 Å². The van der Waals surface area contributed by atoms with Crippen LogP contribution in [0.2, 0.25) is 0 Å². The van der Waals surface area contributed by atoms with Crippen molar-refractivity contribution in [3.63, 3.8) is 0 Å². The molecule has 0 atom stereocenters. The third-order valence-corrected chi connectivity index (χ3v) is 2.56. The molecule has 0 saturated heterocycles. The van der Waals surface area contributed by atoms with E-state index in [0.717, 1.165) is 18.0 Å². The highest BCUT2D eigenvalue weighted by molar-refractivity contribution is 7.10. The Kier molecular flexibility index (Phi) is 3.60. The zero-order valence-corrected chi connectivity index (χ0v) is 8.94. The fourth-order valence-electron chi connectivity index (χ4n) is 1.00. The van der Waals surface area contributed by atoms with Crippen molar-refractivity contribution >= 4 is 22.4 Å². The molecule has 5 heteroatoms. The number of anilines is 1. The van der Waals surface area contributed by atoms with Gasteiger partial charge in [0.15, 0.2) is 0 Å². The maximum atomic E-state index is 11.2. The Morgan fingerprint density at radius 2 is 2.43 bits per heavy atom. The molecule has 0 radical (unpaired) electrons. The third kappa shape index (κ3) is 2.30. The van der Waals surface area contributed by atoms with E-state index in [-0.39, 0.29) is 5.91 Å². The van der Waals surface area contributed by atoms with Crippen LogP contribution in [0.25, 0.3) is 0 Å². The number of nitrogens with one attached hydrogen (secondary N) is 1. The summed E-state index contributed by atoms with van der Waals surface area (Å²) in [7, 11) is 0. The van der Waals surface area contributed by atoms with E-state index in [0.29, 0.717) is 22.7 Å². The van der Waals surface area contributed by atoms with Crippen molar-refractivity contribution < 1.29 is 4.79 Å². The Morgan fingerprint density at radius 1 is 1.71 bits per heavy atom. The van der Waals surface area contributed by atoms with Gasteiger partial charge >= 0.3 is 0 Å². The highest BCUT2D eigenvalue weighted by Crippen LogP contribution is 2.23. The van der Waals surface area contributed by atoms with Gasteiger partial charge in [0.25, 0.3) is 0 Å². The summed E-state index contributed by atoms with van der Waals surface area (Å²) in [5, 5.41) is 12.0. The molecule has 0 fully saturated rings. The van der Waals surface area contributed by atoms with Crippen molar-refractivity contribution in [2.45, 2.75) is 26.7 Å². The molecule has 0 unspecified atom stereocenters. The number of rotatable bonds is 3. The van der Waals surface area contributed by atoms with Crippen LogP contribution in [0.15, 0.2) is 0 Å². The lowest BCUT2D eigenvalue weighted by molar-refractivity contribution is -0.116. The maximum absolute atomic E-state index is 11.2. The summed E-state index contributed by atoms with van der Waals surface area (Å²) < 4.78 is 4.01. The van der Waals surface area contributed by atoms with Gasteiger partial charge in [0.1, 0.15) is 16.6 Å². The molecule has 1 amide bonds. The highest BCUT2D eigenvalue weighted by Gasteiger charge is 2.11. The quantitative estimate of drug-likeness (QED) is 0.828. The molecule has 1 N–H and O–H groups in total. The molecule has 0 aromatic carbocycles. The third-order valence-electron chi connectivity index (χ3n) is 1.70. The standard InChI is InChI=1S/C9H11N3OS/c1-3-4-8(13)11-9-7(5-10)6(2)12-14-9/h3-4H2,1-2H3,(H,11,13). The molecule has 1 heterocycles. The topological polar surface area (TPSA) is 65.8 Å². The van der Waals surface area contributed by atoms with Crippen molar-refractivity contribution in [2.24, 2.45) is 0 Å². The number of carbonyl (C=O) groups excluding carboxylic acids is 1. The molecule has 74 valence electrons. The lowest BCUT2D eigenvalue weighted by Crippen LogP contribution is -2.10. The Morgan fingerprint density at radius 3 is 3.00 bits per heavy atom. The number of aryl methyl sites for hydroxylation is 1. The lowest BCUT2D eigenvalue weighted by atomic mass is 10.2. The molecule has 0 aliphatic heterocycles. The monoisotopic (exact) mass is 209 g/mol. The number of nitrogens with zero attached hydrogens (tertiary/aromatic N) is 2. The second-order valence-electron chi connectivity index (χ2n) is 2.88. The molecule has 4 nitrogen and oxygen atoms in total. The van der Waals surface area contributed by atoms with Gasteiger partial charge in [-0.2, -0.15) is 9.64 Å². The van der Waals surface area contributed by atoms with Crippen LogP contribution in [0, 0.1) is 18.3 Å². The summed E-state index contributed by atoms with van der Waals surface area (Å²) in [4.78, 5) is 11.2. The van der Waals surface area contributed by atoms with Gasteiger partial charge in [-0.25, -0.2) is 0 Å². The zero-order valence-electron chi connectivity index (χ0n) is 8.13. The van der Waals surface area contributed by atoms with Crippen LogP contribution in [0.4, 0.5) is 5.00 Å². The SMILES string of the molecule is CCCC(=O)Nc1snc(C)c1C#N. The predicted octanol–water partition coefficient (Wildman–Crippen LogP) is 2.06. The van der Waals surface area contributed by atoms with Gasteiger partial charge < -0.3 is 5.32 Å². The summed E-state index contributed by atoms with van der Waals surface area (Å²) in [5.41, 5.74) is 1.14. The first-order valence-electron chi connectivity index (χ1n) is 4.35. The Balaban J connectivity index is 2.77. The predicted molar refractivity (Wildman–Crippen MR) is 55.1 cm³/mol. The summed E-state index contributed by atoms with van der Waals surface area (Å²) in [6.07, 6.45) is 1.27. The van der Waals surface area contributed by atoms with Crippen molar-refractivity contribution in [1.82, 2.24) is 4.37 Å². The first-order valence-corrected chi connectivity index (χ1v) is 5.12. The molecule has 0 bridgehead atoms. The normalized spacial score (nSPS) is 9.50. The van der Waals surface area contributed by atoms with Crippen LogP contribution in [0.3, 0.4) is 0 Å². The number of carbonyl (C=O) groups is 1. The Bertz CT molecular complexity index is 378. The van der Waals surface area contributed by atoms with Gasteiger partial charge in [-0.3, -0.25) is 4.79 Å². The smallest absolute Gasteiger partial charge is 0.225 e. The molecule has 0 saturated carbocycles. The van der Waals surface area contributed by atoms with E-state index in [1.54, 1.807) is 6.92 Å². The molecule has 0 aliphatic rings. The van der Waals surface area contributed by atoms with Crippen molar-refractivity contribution in [3.05, 3.63) is 11.3 Å². The fraction of sp³-hybridized carbons (Fsp3) is 0.444. The Labute approximate surface area is 86.7 Å². The number of aromatic nitrogens is 1. The minimum absolute atomic E-state index is 0.0624. The van der Waals surface area contributed by atoms with Crippen LogP contribution < -0.4 is 5.32 Å². The number of nitriles is 1. The number of amides is 1. The zero-order chi connectivity index (χ0) is 10.6. The van der Waals surface area contributed by atoms with Gasteiger partial charge in [-0.1, -0.05) is 6.92 Å². The van der Waals surface area contributed by atoms with Crippen LogP contribution in [0.1, 0.15) is 31.0 Å². The highest BCUT2D eigenvalue weighted by atomic mass is 32.1. The number of hydrogen-bond acceptors (Lipinski definition) is 4.